The number of halogens is 1. The molecule has 3 heterocycles. The van der Waals surface area contributed by atoms with Crippen molar-refractivity contribution >= 4 is 23.2 Å². The summed E-state index contributed by atoms with van der Waals surface area (Å²) in [6.07, 6.45) is 2.39. The highest BCUT2D eigenvalue weighted by molar-refractivity contribution is 7.10. The van der Waals surface area contributed by atoms with Crippen LogP contribution in [0, 0.1) is 5.82 Å². The van der Waals surface area contributed by atoms with Crippen molar-refractivity contribution in [1.82, 2.24) is 9.80 Å². The summed E-state index contributed by atoms with van der Waals surface area (Å²) in [4.78, 5) is 31.6. The quantitative estimate of drug-likeness (QED) is 0.442. The van der Waals surface area contributed by atoms with Gasteiger partial charge >= 0.3 is 0 Å². The number of carbonyl (C=O) groups is 2. The fourth-order valence-electron chi connectivity index (χ4n) is 4.88. The molecule has 2 aliphatic rings. The molecule has 3 aromatic rings. The van der Waals surface area contributed by atoms with Crippen LogP contribution in [0.4, 0.5) is 4.39 Å². The number of fused-ring (bicyclic) bond motifs is 1. The topological polar surface area (TPSA) is 59.1 Å². The number of benzene rings is 2. The number of carbonyl (C=O) groups excluding carboxylic acids is 2. The van der Waals surface area contributed by atoms with Gasteiger partial charge in [-0.05, 0) is 66.6 Å². The highest BCUT2D eigenvalue weighted by atomic mass is 32.1. The van der Waals surface area contributed by atoms with Crippen LogP contribution < -0.4 is 4.74 Å². The molecular weight excluding hydrogens is 479 g/mol. The van der Waals surface area contributed by atoms with Gasteiger partial charge in [-0.1, -0.05) is 24.3 Å². The van der Waals surface area contributed by atoms with E-state index in [2.05, 4.69) is 6.07 Å². The summed E-state index contributed by atoms with van der Waals surface area (Å²) in [6, 6.07) is 16.9. The first-order valence-corrected chi connectivity index (χ1v) is 13.2. The van der Waals surface area contributed by atoms with E-state index in [-0.39, 0.29) is 36.1 Å². The summed E-state index contributed by atoms with van der Waals surface area (Å²) < 4.78 is 25.7. The van der Waals surface area contributed by atoms with Crippen LogP contribution in [0.5, 0.6) is 5.75 Å². The summed E-state index contributed by atoms with van der Waals surface area (Å²) >= 11 is 1.69. The van der Waals surface area contributed by atoms with Crippen LogP contribution in [0.25, 0.3) is 0 Å². The van der Waals surface area contributed by atoms with E-state index in [0.29, 0.717) is 26.3 Å². The van der Waals surface area contributed by atoms with Crippen molar-refractivity contribution in [3.05, 3.63) is 87.9 Å². The summed E-state index contributed by atoms with van der Waals surface area (Å²) in [5.41, 5.74) is 1.32. The molecule has 0 aliphatic carbocycles. The molecule has 1 saturated heterocycles. The minimum atomic E-state index is -0.483. The number of rotatable bonds is 8. The number of hydrogen-bond donors (Lipinski definition) is 0. The minimum absolute atomic E-state index is 0.101. The molecule has 2 atom stereocenters. The Bertz CT molecular complexity index is 1200. The van der Waals surface area contributed by atoms with Gasteiger partial charge < -0.3 is 19.3 Å². The van der Waals surface area contributed by atoms with E-state index in [1.807, 2.05) is 40.6 Å². The van der Waals surface area contributed by atoms with Crippen molar-refractivity contribution in [2.24, 2.45) is 0 Å². The molecule has 0 N–H and O–H groups in total. The zero-order valence-corrected chi connectivity index (χ0v) is 20.8. The van der Waals surface area contributed by atoms with Crippen LogP contribution in [-0.2, 0) is 16.0 Å². The standard InChI is InChI=1S/C28H29FN2O4S/c29-21-7-4-6-20(16-21)28(33)30(17-23-10-5-14-34-23)18-27(32)31-13-11-26-24(12-15-36-26)25(31)19-35-22-8-2-1-3-9-22/h1-4,6-9,12,15-16,23,25H,5,10-11,13-14,17-19H2. The Morgan fingerprint density at radius 1 is 1.14 bits per heavy atom. The average Bonchev–Trinajstić information content (AvgIpc) is 3.59. The van der Waals surface area contributed by atoms with Gasteiger partial charge in [0.15, 0.2) is 0 Å². The Labute approximate surface area is 214 Å². The van der Waals surface area contributed by atoms with Gasteiger partial charge in [0.05, 0.1) is 12.1 Å². The SMILES string of the molecule is O=C(c1cccc(F)c1)N(CC(=O)N1CCc2sccc2C1COc1ccccc1)CC1CCCO1. The van der Waals surface area contributed by atoms with Crippen LogP contribution in [0.1, 0.15) is 39.7 Å². The monoisotopic (exact) mass is 508 g/mol. The van der Waals surface area contributed by atoms with Crippen molar-refractivity contribution in [2.45, 2.75) is 31.4 Å². The normalized spacial score (nSPS) is 19.1. The van der Waals surface area contributed by atoms with Crippen LogP contribution in [0.2, 0.25) is 0 Å². The van der Waals surface area contributed by atoms with E-state index in [1.54, 1.807) is 17.4 Å². The fraction of sp³-hybridized carbons (Fsp3) is 0.357. The largest absolute Gasteiger partial charge is 0.491 e. The molecule has 5 rings (SSSR count). The van der Waals surface area contributed by atoms with Crippen molar-refractivity contribution in [3.8, 4) is 5.75 Å². The lowest BCUT2D eigenvalue weighted by molar-refractivity contribution is -0.135. The first kappa shape index (κ1) is 24.5. The van der Waals surface area contributed by atoms with Crippen molar-refractivity contribution in [2.75, 3.05) is 32.8 Å². The van der Waals surface area contributed by atoms with Gasteiger partial charge in [0, 0.05) is 30.1 Å². The molecule has 0 radical (unpaired) electrons. The van der Waals surface area contributed by atoms with Gasteiger partial charge in [-0.3, -0.25) is 9.59 Å². The molecule has 6 nitrogen and oxygen atoms in total. The highest BCUT2D eigenvalue weighted by Gasteiger charge is 2.34. The lowest BCUT2D eigenvalue weighted by Crippen LogP contribution is -2.49. The third kappa shape index (κ3) is 5.60. The number of ether oxygens (including phenoxy) is 2. The maximum absolute atomic E-state index is 13.9. The molecular formula is C28H29FN2O4S. The molecule has 0 saturated carbocycles. The van der Waals surface area contributed by atoms with Gasteiger partial charge in [0.25, 0.3) is 5.91 Å². The number of hydrogen-bond acceptors (Lipinski definition) is 5. The Morgan fingerprint density at radius 2 is 2.00 bits per heavy atom. The van der Waals surface area contributed by atoms with Crippen LogP contribution >= 0.6 is 11.3 Å². The molecule has 0 bridgehead atoms. The molecule has 8 heteroatoms. The second-order valence-electron chi connectivity index (χ2n) is 9.11. The lowest BCUT2D eigenvalue weighted by atomic mass is 10.00. The first-order chi connectivity index (χ1) is 17.6. The van der Waals surface area contributed by atoms with Crippen LogP contribution in [0.3, 0.4) is 0 Å². The number of thiophene rings is 1. The molecule has 0 spiro atoms. The first-order valence-electron chi connectivity index (χ1n) is 12.3. The van der Waals surface area contributed by atoms with Gasteiger partial charge in [0.1, 0.15) is 24.7 Å². The predicted molar refractivity (Wildman–Crippen MR) is 136 cm³/mol. The van der Waals surface area contributed by atoms with Crippen LogP contribution in [0.15, 0.2) is 66.0 Å². The van der Waals surface area contributed by atoms with Gasteiger partial charge in [-0.2, -0.15) is 0 Å². The Hall–Kier alpha value is -3.23. The van der Waals surface area contributed by atoms with Crippen molar-refractivity contribution in [3.63, 3.8) is 0 Å². The summed E-state index contributed by atoms with van der Waals surface area (Å²) in [6.45, 7) is 1.72. The zero-order chi connectivity index (χ0) is 24.9. The molecule has 2 aromatic carbocycles. The summed E-state index contributed by atoms with van der Waals surface area (Å²) in [5, 5.41) is 2.05. The second-order valence-corrected chi connectivity index (χ2v) is 10.1. The summed E-state index contributed by atoms with van der Waals surface area (Å²) in [7, 11) is 0. The van der Waals surface area contributed by atoms with Crippen molar-refractivity contribution < 1.29 is 23.5 Å². The molecule has 188 valence electrons. The molecule has 1 fully saturated rings. The molecule has 2 amide bonds. The van der Waals surface area contributed by atoms with E-state index in [9.17, 15) is 14.0 Å². The van der Waals surface area contributed by atoms with E-state index < -0.39 is 5.82 Å². The maximum Gasteiger partial charge on any atom is 0.254 e. The Kier molecular flexibility index (Phi) is 7.63. The van der Waals surface area contributed by atoms with Gasteiger partial charge in [-0.25, -0.2) is 4.39 Å². The Morgan fingerprint density at radius 3 is 2.78 bits per heavy atom. The van der Waals surface area contributed by atoms with E-state index in [4.69, 9.17) is 9.47 Å². The van der Waals surface area contributed by atoms with Gasteiger partial charge in [-0.15, -0.1) is 11.3 Å². The van der Waals surface area contributed by atoms with Crippen LogP contribution in [-0.4, -0.2) is 60.6 Å². The van der Waals surface area contributed by atoms with E-state index >= 15 is 0 Å². The maximum atomic E-state index is 13.9. The third-order valence-corrected chi connectivity index (χ3v) is 7.70. The Balaban J connectivity index is 1.35. The lowest BCUT2D eigenvalue weighted by Gasteiger charge is -2.37. The predicted octanol–water partition coefficient (Wildman–Crippen LogP) is 4.71. The van der Waals surface area contributed by atoms with E-state index in [0.717, 1.165) is 30.6 Å². The van der Waals surface area contributed by atoms with Crippen molar-refractivity contribution in [1.29, 1.82) is 0 Å². The molecule has 36 heavy (non-hydrogen) atoms. The number of nitrogens with zero attached hydrogens (tertiary/aromatic N) is 2. The molecule has 1 aromatic heterocycles. The van der Waals surface area contributed by atoms with E-state index in [1.165, 1.54) is 28.0 Å². The molecule has 2 unspecified atom stereocenters. The number of para-hydroxylation sites is 1. The number of amides is 2. The molecule has 2 aliphatic heterocycles. The fourth-order valence-corrected chi connectivity index (χ4v) is 5.81. The smallest absolute Gasteiger partial charge is 0.254 e. The third-order valence-electron chi connectivity index (χ3n) is 6.70. The highest BCUT2D eigenvalue weighted by Crippen LogP contribution is 2.34. The summed E-state index contributed by atoms with van der Waals surface area (Å²) in [5.74, 6) is -0.267. The van der Waals surface area contributed by atoms with Gasteiger partial charge in [0.2, 0.25) is 5.91 Å². The minimum Gasteiger partial charge on any atom is -0.491 e. The zero-order valence-electron chi connectivity index (χ0n) is 20.0. The average molecular weight is 509 g/mol. The second kappa shape index (κ2) is 11.2.